The molecule has 1 N–H and O–H groups in total. The fraction of sp³-hybridized carbons (Fsp3) is 0.174. The summed E-state index contributed by atoms with van der Waals surface area (Å²) in [5.74, 6) is -0.907. The summed E-state index contributed by atoms with van der Waals surface area (Å²) >= 11 is 1.49. The normalized spacial score (nSPS) is 11.9. The Bertz CT molecular complexity index is 1150. The van der Waals surface area contributed by atoms with Gasteiger partial charge in [-0.25, -0.2) is 4.98 Å². The third-order valence-electron chi connectivity index (χ3n) is 4.55. The molecule has 4 rings (SSSR count). The minimum atomic E-state index is -1.05. The molecule has 2 aromatic heterocycles. The van der Waals surface area contributed by atoms with Gasteiger partial charge in [0.05, 0.1) is 12.1 Å². The molecule has 0 aliphatic rings. The molecule has 0 spiro atoms. The first-order valence-corrected chi connectivity index (χ1v) is 10.4. The van der Waals surface area contributed by atoms with E-state index in [1.165, 1.54) is 11.3 Å². The highest BCUT2D eigenvalue weighted by Gasteiger charge is 2.25. The van der Waals surface area contributed by atoms with Gasteiger partial charge >= 0.3 is 5.97 Å². The number of aryl methyl sites for hydroxylation is 2. The van der Waals surface area contributed by atoms with Gasteiger partial charge in [0.1, 0.15) is 0 Å². The van der Waals surface area contributed by atoms with E-state index in [4.69, 9.17) is 4.74 Å². The smallest absolute Gasteiger partial charge is 0.313 e. The first-order valence-electron chi connectivity index (χ1n) is 9.52. The van der Waals surface area contributed by atoms with E-state index in [9.17, 15) is 9.59 Å². The van der Waals surface area contributed by atoms with Crippen molar-refractivity contribution in [3.8, 4) is 0 Å². The van der Waals surface area contributed by atoms with E-state index in [1.807, 2.05) is 66.2 Å². The van der Waals surface area contributed by atoms with E-state index in [1.54, 1.807) is 18.3 Å². The molecule has 0 fully saturated rings. The van der Waals surface area contributed by atoms with Gasteiger partial charge in [-0.05, 0) is 37.1 Å². The summed E-state index contributed by atoms with van der Waals surface area (Å²) in [6.07, 6.45) is 2.61. The number of anilines is 1. The molecular formula is C23H21N3O3S. The molecule has 7 heteroatoms. The summed E-state index contributed by atoms with van der Waals surface area (Å²) in [5, 5.41) is 4.80. The van der Waals surface area contributed by atoms with Crippen molar-refractivity contribution in [1.29, 1.82) is 0 Å². The number of fused-ring (bicyclic) bond motifs is 1. The average molecular weight is 420 g/mol. The topological polar surface area (TPSA) is 72.7 Å². The van der Waals surface area contributed by atoms with Crippen LogP contribution in [0, 0.1) is 13.8 Å². The van der Waals surface area contributed by atoms with Crippen molar-refractivity contribution < 1.29 is 14.3 Å². The van der Waals surface area contributed by atoms with E-state index in [2.05, 4.69) is 10.3 Å². The molecule has 30 heavy (non-hydrogen) atoms. The quantitative estimate of drug-likeness (QED) is 0.468. The minimum absolute atomic E-state index is 0.00539. The molecule has 6 nitrogen and oxygen atoms in total. The number of hydrogen-bond acceptors (Lipinski definition) is 5. The average Bonchev–Trinajstić information content (AvgIpc) is 3.27. The second-order valence-electron chi connectivity index (χ2n) is 7.15. The Morgan fingerprint density at radius 2 is 1.87 bits per heavy atom. The van der Waals surface area contributed by atoms with Crippen LogP contribution in [0.4, 0.5) is 5.69 Å². The number of esters is 1. The van der Waals surface area contributed by atoms with E-state index >= 15 is 0 Å². The summed E-state index contributed by atoms with van der Waals surface area (Å²) in [6.45, 7) is 3.93. The van der Waals surface area contributed by atoms with Crippen LogP contribution in [0.15, 0.2) is 66.3 Å². The molecule has 0 saturated heterocycles. The van der Waals surface area contributed by atoms with Gasteiger partial charge in [0.2, 0.25) is 6.10 Å². The van der Waals surface area contributed by atoms with E-state index in [0.29, 0.717) is 16.9 Å². The van der Waals surface area contributed by atoms with Crippen LogP contribution in [-0.2, 0) is 20.7 Å². The van der Waals surface area contributed by atoms with Crippen molar-refractivity contribution in [2.24, 2.45) is 0 Å². The van der Waals surface area contributed by atoms with Crippen molar-refractivity contribution >= 4 is 33.9 Å². The van der Waals surface area contributed by atoms with Crippen molar-refractivity contribution in [3.63, 3.8) is 0 Å². The summed E-state index contributed by atoms with van der Waals surface area (Å²) in [5.41, 5.74) is 3.97. The number of hydrogen-bond donors (Lipinski definition) is 1. The Kier molecular flexibility index (Phi) is 5.63. The molecule has 152 valence electrons. The number of nitrogens with one attached hydrogen (secondary N) is 1. The van der Waals surface area contributed by atoms with Gasteiger partial charge in [0, 0.05) is 29.0 Å². The number of amides is 1. The maximum Gasteiger partial charge on any atom is 0.313 e. The van der Waals surface area contributed by atoms with Crippen LogP contribution in [0.5, 0.6) is 0 Å². The van der Waals surface area contributed by atoms with Gasteiger partial charge in [0.25, 0.3) is 5.91 Å². The number of nitrogens with zero attached hydrogens (tertiary/aromatic N) is 2. The molecule has 1 amide bonds. The SMILES string of the molecule is Cc1cc(C)cc(NC(=O)[C@H](OC(=O)Cc2cn3ccsc3n2)c2ccccc2)c1. The van der Waals surface area contributed by atoms with Crippen LogP contribution < -0.4 is 5.32 Å². The van der Waals surface area contributed by atoms with Gasteiger partial charge in [-0.2, -0.15) is 0 Å². The molecule has 0 unspecified atom stereocenters. The number of rotatable bonds is 6. The lowest BCUT2D eigenvalue weighted by atomic mass is 10.1. The molecule has 0 aliphatic heterocycles. The first kappa shape index (κ1) is 19.8. The molecule has 0 saturated carbocycles. The number of benzene rings is 2. The van der Waals surface area contributed by atoms with E-state index in [-0.39, 0.29) is 6.42 Å². The van der Waals surface area contributed by atoms with Crippen LogP contribution in [0.2, 0.25) is 0 Å². The van der Waals surface area contributed by atoms with Crippen LogP contribution in [0.25, 0.3) is 4.96 Å². The number of thiazole rings is 1. The zero-order valence-corrected chi connectivity index (χ0v) is 17.5. The first-order chi connectivity index (χ1) is 14.5. The minimum Gasteiger partial charge on any atom is -0.447 e. The largest absolute Gasteiger partial charge is 0.447 e. The molecule has 2 aromatic carbocycles. The molecule has 0 aliphatic carbocycles. The summed E-state index contributed by atoms with van der Waals surface area (Å²) in [7, 11) is 0. The lowest BCUT2D eigenvalue weighted by Gasteiger charge is -2.18. The molecule has 2 heterocycles. The van der Waals surface area contributed by atoms with Crippen LogP contribution in [-0.4, -0.2) is 21.3 Å². The third kappa shape index (κ3) is 4.58. The summed E-state index contributed by atoms with van der Waals surface area (Å²) in [6, 6.07) is 14.8. The Morgan fingerprint density at radius 1 is 1.13 bits per heavy atom. The predicted molar refractivity (Wildman–Crippen MR) is 117 cm³/mol. The second-order valence-corrected chi connectivity index (χ2v) is 8.02. The van der Waals surface area contributed by atoms with Crippen LogP contribution in [0.1, 0.15) is 28.5 Å². The van der Waals surface area contributed by atoms with Gasteiger partial charge in [-0.3, -0.25) is 14.0 Å². The maximum atomic E-state index is 13.0. The summed E-state index contributed by atoms with van der Waals surface area (Å²) < 4.78 is 7.47. The highest BCUT2D eigenvalue weighted by Crippen LogP contribution is 2.22. The lowest BCUT2D eigenvalue weighted by molar-refractivity contribution is -0.154. The number of carbonyl (C=O) groups is 2. The second kappa shape index (κ2) is 8.51. The molecule has 0 radical (unpaired) electrons. The fourth-order valence-corrected chi connectivity index (χ4v) is 4.06. The maximum absolute atomic E-state index is 13.0. The Balaban J connectivity index is 1.52. The monoisotopic (exact) mass is 419 g/mol. The fourth-order valence-electron chi connectivity index (χ4n) is 3.34. The Labute approximate surface area is 178 Å². The van der Waals surface area contributed by atoms with Gasteiger partial charge in [-0.1, -0.05) is 36.4 Å². The summed E-state index contributed by atoms with van der Waals surface area (Å²) in [4.78, 5) is 30.8. The standard InChI is InChI=1S/C23H21N3O3S/c1-15-10-16(2)12-18(11-15)24-22(28)21(17-6-4-3-5-7-17)29-20(27)13-19-14-26-8-9-30-23(26)25-19/h3-12,14,21H,13H2,1-2H3,(H,24,28)/t21-/m1/s1. The molecule has 0 bridgehead atoms. The van der Waals surface area contributed by atoms with Gasteiger partial charge < -0.3 is 10.1 Å². The Hall–Kier alpha value is -3.45. The lowest BCUT2D eigenvalue weighted by Crippen LogP contribution is -2.26. The molecule has 1 atom stereocenters. The number of imidazole rings is 1. The van der Waals surface area contributed by atoms with Crippen LogP contribution in [0.3, 0.4) is 0 Å². The van der Waals surface area contributed by atoms with Crippen molar-refractivity contribution in [2.75, 3.05) is 5.32 Å². The van der Waals surface area contributed by atoms with Crippen molar-refractivity contribution in [2.45, 2.75) is 26.4 Å². The number of ether oxygens (including phenoxy) is 1. The molecule has 4 aromatic rings. The van der Waals surface area contributed by atoms with Crippen molar-refractivity contribution in [3.05, 3.63) is 88.7 Å². The van der Waals surface area contributed by atoms with Crippen LogP contribution >= 0.6 is 11.3 Å². The zero-order valence-electron chi connectivity index (χ0n) is 16.7. The van der Waals surface area contributed by atoms with E-state index in [0.717, 1.165) is 16.1 Å². The predicted octanol–water partition coefficient (Wildman–Crippen LogP) is 4.48. The van der Waals surface area contributed by atoms with Crippen molar-refractivity contribution in [1.82, 2.24) is 9.38 Å². The number of aromatic nitrogens is 2. The number of carbonyl (C=O) groups excluding carboxylic acids is 2. The van der Waals surface area contributed by atoms with Gasteiger partial charge in [0.15, 0.2) is 4.96 Å². The Morgan fingerprint density at radius 3 is 2.57 bits per heavy atom. The van der Waals surface area contributed by atoms with Gasteiger partial charge in [-0.15, -0.1) is 11.3 Å². The highest BCUT2D eigenvalue weighted by atomic mass is 32.1. The zero-order chi connectivity index (χ0) is 21.1. The third-order valence-corrected chi connectivity index (χ3v) is 5.32. The van der Waals surface area contributed by atoms with E-state index < -0.39 is 18.0 Å². The highest BCUT2D eigenvalue weighted by molar-refractivity contribution is 7.15. The molecular weight excluding hydrogens is 398 g/mol.